The van der Waals surface area contributed by atoms with E-state index in [1.165, 1.54) is 23.5 Å². The Balaban J connectivity index is 1.72. The van der Waals surface area contributed by atoms with Gasteiger partial charge in [0.1, 0.15) is 5.92 Å². The zero-order valence-corrected chi connectivity index (χ0v) is 20.9. The lowest BCUT2D eigenvalue weighted by atomic mass is 9.69. The maximum Gasteiger partial charge on any atom is 0.317 e. The summed E-state index contributed by atoms with van der Waals surface area (Å²) < 4.78 is 5.34. The molecule has 1 amide bonds. The molecule has 0 fully saturated rings. The number of ketones is 1. The molecule has 0 unspecified atom stereocenters. The highest BCUT2D eigenvalue weighted by molar-refractivity contribution is 7.10. The van der Waals surface area contributed by atoms with E-state index in [2.05, 4.69) is 0 Å². The summed E-state index contributed by atoms with van der Waals surface area (Å²) in [4.78, 5) is 54.4. The number of carbonyl (C=O) groups is 3. The molecular weight excluding hydrogens is 492 g/mol. The van der Waals surface area contributed by atoms with Crippen LogP contribution in [0.3, 0.4) is 0 Å². The van der Waals surface area contributed by atoms with Crippen molar-refractivity contribution < 1.29 is 24.0 Å². The van der Waals surface area contributed by atoms with E-state index >= 15 is 0 Å². The molecule has 1 aliphatic heterocycles. The van der Waals surface area contributed by atoms with Crippen molar-refractivity contribution >= 4 is 40.4 Å². The van der Waals surface area contributed by atoms with Crippen LogP contribution in [0.2, 0.25) is 0 Å². The van der Waals surface area contributed by atoms with Gasteiger partial charge in [-0.3, -0.25) is 29.4 Å². The summed E-state index contributed by atoms with van der Waals surface area (Å²) >= 11 is 1.45. The van der Waals surface area contributed by atoms with Crippen LogP contribution in [-0.4, -0.2) is 29.2 Å². The monoisotopic (exact) mass is 516 g/mol. The molecule has 3 atom stereocenters. The van der Waals surface area contributed by atoms with E-state index in [0.29, 0.717) is 22.5 Å². The number of hydrogen-bond donors (Lipinski definition) is 0. The highest BCUT2D eigenvalue weighted by atomic mass is 32.1. The van der Waals surface area contributed by atoms with Gasteiger partial charge >= 0.3 is 5.97 Å². The number of para-hydroxylation sites is 1. The van der Waals surface area contributed by atoms with Crippen molar-refractivity contribution in [1.29, 1.82) is 0 Å². The number of carbonyl (C=O) groups excluding carboxylic acids is 3. The normalized spacial score (nSPS) is 21.5. The smallest absolute Gasteiger partial charge is 0.317 e. The number of non-ortho nitro benzene ring substituents is 1. The summed E-state index contributed by atoms with van der Waals surface area (Å²) in [7, 11) is 0. The Bertz CT molecular complexity index is 1400. The summed E-state index contributed by atoms with van der Waals surface area (Å²) in [5.41, 5.74) is 1.87. The van der Waals surface area contributed by atoms with Crippen molar-refractivity contribution in [2.75, 3.05) is 11.5 Å². The highest BCUT2D eigenvalue weighted by Crippen LogP contribution is 2.50. The lowest BCUT2D eigenvalue weighted by molar-refractivity contribution is -0.384. The number of esters is 1. The lowest BCUT2D eigenvalue weighted by Gasteiger charge is -2.42. The Labute approximate surface area is 217 Å². The second-order valence-electron chi connectivity index (χ2n) is 8.95. The van der Waals surface area contributed by atoms with Gasteiger partial charge in [-0.1, -0.05) is 36.4 Å². The van der Waals surface area contributed by atoms with Gasteiger partial charge < -0.3 is 4.74 Å². The first-order valence-electron chi connectivity index (χ1n) is 12.0. The number of nitro benzene ring substituents is 1. The number of Topliss-reactive ketones (excluding diaryl/α,β-unsaturated/α-hetero) is 1. The minimum Gasteiger partial charge on any atom is -0.465 e. The Morgan fingerprint density at radius 2 is 1.86 bits per heavy atom. The predicted molar refractivity (Wildman–Crippen MR) is 138 cm³/mol. The van der Waals surface area contributed by atoms with Crippen LogP contribution in [0.15, 0.2) is 83.4 Å². The number of nitrogens with zero attached hydrogens (tertiary/aromatic N) is 2. The molecule has 0 spiro atoms. The number of anilines is 1. The molecule has 0 saturated carbocycles. The molecule has 0 bridgehead atoms. The van der Waals surface area contributed by atoms with E-state index in [9.17, 15) is 24.5 Å². The number of amides is 1. The molecular formula is C28H24N2O6S. The molecule has 2 heterocycles. The van der Waals surface area contributed by atoms with Gasteiger partial charge in [0, 0.05) is 52.2 Å². The molecule has 0 N–H and O–H groups in total. The quantitative estimate of drug-likeness (QED) is 0.189. The van der Waals surface area contributed by atoms with E-state index in [1.807, 2.05) is 35.7 Å². The Morgan fingerprint density at radius 1 is 1.08 bits per heavy atom. The van der Waals surface area contributed by atoms with Crippen LogP contribution in [0.4, 0.5) is 11.4 Å². The van der Waals surface area contributed by atoms with Crippen LogP contribution in [0, 0.1) is 16.0 Å². The fourth-order valence-corrected chi connectivity index (χ4v) is 6.18. The number of nitro groups is 1. The molecule has 3 aromatic rings. The van der Waals surface area contributed by atoms with E-state index in [4.69, 9.17) is 4.74 Å². The molecule has 5 rings (SSSR count). The average Bonchev–Trinajstić information content (AvgIpc) is 3.43. The van der Waals surface area contributed by atoms with Gasteiger partial charge in [0.15, 0.2) is 5.78 Å². The topological polar surface area (TPSA) is 107 Å². The van der Waals surface area contributed by atoms with Crippen LogP contribution < -0.4 is 4.90 Å². The minimum absolute atomic E-state index is 0.0557. The highest BCUT2D eigenvalue weighted by Gasteiger charge is 2.50. The average molecular weight is 517 g/mol. The molecule has 2 aliphatic rings. The van der Waals surface area contributed by atoms with Crippen molar-refractivity contribution in [1.82, 2.24) is 0 Å². The molecule has 1 aliphatic carbocycles. The molecule has 8 nitrogen and oxygen atoms in total. The zero-order chi connectivity index (χ0) is 26.1. The van der Waals surface area contributed by atoms with Gasteiger partial charge in [-0.25, -0.2) is 0 Å². The molecule has 37 heavy (non-hydrogen) atoms. The van der Waals surface area contributed by atoms with E-state index in [-0.39, 0.29) is 31.0 Å². The standard InChI is InChI=1S/C28H24N2O6S/c1-2-36-28(33)26-21(23-12-7-13-37-23)15-22-25(27(26)32)20(17-8-6-11-19(14-17)30(34)35)16-24(31)29(22)18-9-4-3-5-10-18/h3-14,20-21,26H,2,15-16H2,1H3/t20-,21-,26+/m0/s1. The fraction of sp³-hybridized carbons (Fsp3) is 0.250. The summed E-state index contributed by atoms with van der Waals surface area (Å²) in [6.07, 6.45) is 0.219. The second kappa shape index (κ2) is 10.1. The van der Waals surface area contributed by atoms with Gasteiger partial charge in [0.25, 0.3) is 5.69 Å². The third kappa shape index (κ3) is 4.46. The number of thiophene rings is 1. The maximum absolute atomic E-state index is 14.2. The van der Waals surface area contributed by atoms with Crippen molar-refractivity contribution in [2.45, 2.75) is 31.6 Å². The second-order valence-corrected chi connectivity index (χ2v) is 9.93. The van der Waals surface area contributed by atoms with Crippen molar-refractivity contribution in [3.8, 4) is 0 Å². The van der Waals surface area contributed by atoms with Crippen molar-refractivity contribution in [3.05, 3.63) is 104 Å². The largest absolute Gasteiger partial charge is 0.465 e. The number of ether oxygens (including phenoxy) is 1. The third-order valence-electron chi connectivity index (χ3n) is 6.87. The first-order valence-corrected chi connectivity index (χ1v) is 12.9. The van der Waals surface area contributed by atoms with Crippen molar-refractivity contribution in [2.24, 2.45) is 5.92 Å². The van der Waals surface area contributed by atoms with Gasteiger partial charge in [-0.15, -0.1) is 11.3 Å². The van der Waals surface area contributed by atoms with Gasteiger partial charge in [0.05, 0.1) is 11.5 Å². The van der Waals surface area contributed by atoms with Crippen molar-refractivity contribution in [3.63, 3.8) is 0 Å². The third-order valence-corrected chi connectivity index (χ3v) is 7.87. The van der Waals surface area contributed by atoms with Crippen LogP contribution in [-0.2, 0) is 19.1 Å². The minimum atomic E-state index is -1.07. The van der Waals surface area contributed by atoms with Gasteiger partial charge in [-0.05, 0) is 42.5 Å². The van der Waals surface area contributed by atoms with Crippen LogP contribution in [0.1, 0.15) is 42.0 Å². The number of rotatable bonds is 6. The molecule has 9 heteroatoms. The number of hydrogen-bond acceptors (Lipinski definition) is 7. The first-order chi connectivity index (χ1) is 17.9. The summed E-state index contributed by atoms with van der Waals surface area (Å²) in [6, 6.07) is 18.8. The molecule has 0 saturated heterocycles. The number of benzene rings is 2. The first kappa shape index (κ1) is 24.6. The van der Waals surface area contributed by atoms with E-state index in [0.717, 1.165) is 4.88 Å². The molecule has 2 aromatic carbocycles. The Morgan fingerprint density at radius 3 is 2.54 bits per heavy atom. The maximum atomic E-state index is 14.2. The Kier molecular flexibility index (Phi) is 6.71. The zero-order valence-electron chi connectivity index (χ0n) is 20.0. The van der Waals surface area contributed by atoms with Gasteiger partial charge in [-0.2, -0.15) is 0 Å². The molecule has 1 aromatic heterocycles. The summed E-state index contributed by atoms with van der Waals surface area (Å²) in [5, 5.41) is 13.4. The SMILES string of the molecule is CCOC(=O)[C@H]1C(=O)C2=C(C[C@H]1c1cccs1)N(c1ccccc1)C(=O)C[C@H]2c1cccc([N+](=O)[O-])c1. The lowest BCUT2D eigenvalue weighted by Crippen LogP contribution is -2.46. The van der Waals surface area contributed by atoms with Crippen LogP contribution in [0.5, 0.6) is 0 Å². The fourth-order valence-electron chi connectivity index (χ4n) is 5.32. The number of allylic oxidation sites excluding steroid dienone is 2. The van der Waals surface area contributed by atoms with E-state index in [1.54, 1.807) is 36.1 Å². The Hall–Kier alpha value is -4.11. The predicted octanol–water partition coefficient (Wildman–Crippen LogP) is 5.37. The van der Waals surface area contributed by atoms with Crippen LogP contribution >= 0.6 is 11.3 Å². The van der Waals surface area contributed by atoms with Gasteiger partial charge in [0.2, 0.25) is 5.91 Å². The summed E-state index contributed by atoms with van der Waals surface area (Å²) in [5.74, 6) is -3.48. The molecule has 0 radical (unpaired) electrons. The van der Waals surface area contributed by atoms with E-state index < -0.39 is 34.4 Å². The van der Waals surface area contributed by atoms with Crippen LogP contribution in [0.25, 0.3) is 0 Å². The molecule has 188 valence electrons. The summed E-state index contributed by atoms with van der Waals surface area (Å²) in [6.45, 7) is 1.83.